The topological polar surface area (TPSA) is 61.5 Å². The summed E-state index contributed by atoms with van der Waals surface area (Å²) in [5.74, 6) is -0.234. The van der Waals surface area contributed by atoms with Gasteiger partial charge in [0.2, 0.25) is 0 Å². The summed E-state index contributed by atoms with van der Waals surface area (Å²) in [6.45, 7) is 8.22. The van der Waals surface area contributed by atoms with Crippen molar-refractivity contribution in [3.05, 3.63) is 0 Å². The predicted octanol–water partition coefficient (Wildman–Crippen LogP) is 1.08. The Morgan fingerprint density at radius 3 is 2.43 bits per heavy atom. The van der Waals surface area contributed by atoms with Crippen molar-refractivity contribution in [2.75, 3.05) is 13.2 Å². The van der Waals surface area contributed by atoms with Gasteiger partial charge in [-0.05, 0) is 27.7 Å². The highest BCUT2D eigenvalue weighted by molar-refractivity contribution is 5.69. The average Bonchev–Trinajstić information content (AvgIpc) is 1.94. The van der Waals surface area contributed by atoms with Crippen LogP contribution in [-0.2, 0) is 14.3 Å². The van der Waals surface area contributed by atoms with Gasteiger partial charge in [0.25, 0.3) is 0 Å². The van der Waals surface area contributed by atoms with Crippen LogP contribution in [0.1, 0.15) is 34.1 Å². The van der Waals surface area contributed by atoms with Gasteiger partial charge in [-0.3, -0.25) is 4.79 Å². The molecule has 0 aromatic carbocycles. The van der Waals surface area contributed by atoms with Gasteiger partial charge >= 0.3 is 5.97 Å². The number of carbonyl (C=O) groups excluding carboxylic acids is 1. The minimum atomic E-state index is -0.418. The van der Waals surface area contributed by atoms with E-state index in [0.717, 1.165) is 0 Å². The van der Waals surface area contributed by atoms with Gasteiger partial charge in [0.05, 0.1) is 19.6 Å². The minimum Gasteiger partial charge on any atom is -0.460 e. The molecule has 0 aromatic rings. The smallest absolute Gasteiger partial charge is 0.308 e. The van der Waals surface area contributed by atoms with Crippen LogP contribution in [0.15, 0.2) is 0 Å². The quantitative estimate of drug-likeness (QED) is 0.536. The van der Waals surface area contributed by atoms with E-state index in [9.17, 15) is 4.79 Å². The van der Waals surface area contributed by atoms with Crippen molar-refractivity contribution in [2.24, 2.45) is 5.73 Å². The van der Waals surface area contributed by atoms with Crippen molar-refractivity contribution >= 4 is 5.97 Å². The first-order valence-corrected chi connectivity index (χ1v) is 4.86. The third-order valence-electron chi connectivity index (χ3n) is 1.25. The normalized spacial score (nSPS) is 13.8. The molecule has 0 saturated carbocycles. The first kappa shape index (κ1) is 13.4. The van der Waals surface area contributed by atoms with E-state index in [2.05, 4.69) is 0 Å². The van der Waals surface area contributed by atoms with E-state index in [1.807, 2.05) is 27.7 Å². The molecule has 0 aromatic heterocycles. The number of esters is 1. The molecular formula is C10H21NO3. The number of carbonyl (C=O) groups is 1. The molecule has 0 aliphatic rings. The standard InChI is InChI=1S/C10H21NO3/c1-8(11)7-13-6-5-9(12)14-10(2,3)4/h8H,5-7,11H2,1-4H3/t8-/m1/s1. The summed E-state index contributed by atoms with van der Waals surface area (Å²) in [5, 5.41) is 0. The van der Waals surface area contributed by atoms with E-state index in [4.69, 9.17) is 15.2 Å². The molecule has 0 rings (SSSR count). The zero-order valence-corrected chi connectivity index (χ0v) is 9.50. The van der Waals surface area contributed by atoms with E-state index < -0.39 is 5.60 Å². The van der Waals surface area contributed by atoms with E-state index in [0.29, 0.717) is 13.2 Å². The molecule has 0 amide bonds. The highest BCUT2D eigenvalue weighted by atomic mass is 16.6. The molecule has 0 spiro atoms. The third kappa shape index (κ3) is 9.48. The van der Waals surface area contributed by atoms with Gasteiger partial charge in [-0.2, -0.15) is 0 Å². The Bertz CT molecular complexity index is 173. The van der Waals surface area contributed by atoms with Crippen LogP contribution >= 0.6 is 0 Å². The highest BCUT2D eigenvalue weighted by Crippen LogP contribution is 2.07. The summed E-state index contributed by atoms with van der Waals surface area (Å²) in [7, 11) is 0. The van der Waals surface area contributed by atoms with Crippen LogP contribution in [0.5, 0.6) is 0 Å². The lowest BCUT2D eigenvalue weighted by molar-refractivity contribution is -0.156. The summed E-state index contributed by atoms with van der Waals surface area (Å²) in [5.41, 5.74) is 5.05. The molecule has 0 bridgehead atoms. The van der Waals surface area contributed by atoms with Crippen LogP contribution in [0, 0.1) is 0 Å². The zero-order valence-electron chi connectivity index (χ0n) is 9.50. The van der Waals surface area contributed by atoms with E-state index in [1.54, 1.807) is 0 Å². The predicted molar refractivity (Wildman–Crippen MR) is 54.9 cm³/mol. The van der Waals surface area contributed by atoms with E-state index in [-0.39, 0.29) is 18.4 Å². The maximum Gasteiger partial charge on any atom is 0.308 e. The lowest BCUT2D eigenvalue weighted by Crippen LogP contribution is -2.26. The van der Waals surface area contributed by atoms with Gasteiger partial charge in [0.15, 0.2) is 0 Å². The Hall–Kier alpha value is -0.610. The van der Waals surface area contributed by atoms with E-state index in [1.165, 1.54) is 0 Å². The molecule has 0 heterocycles. The lowest BCUT2D eigenvalue weighted by atomic mass is 10.2. The molecule has 0 saturated heterocycles. The number of rotatable bonds is 5. The van der Waals surface area contributed by atoms with Crippen molar-refractivity contribution in [1.29, 1.82) is 0 Å². The molecule has 0 unspecified atom stereocenters. The maximum atomic E-state index is 11.2. The van der Waals surface area contributed by atoms with Crippen LogP contribution in [-0.4, -0.2) is 30.8 Å². The van der Waals surface area contributed by atoms with Crippen LogP contribution in [0.2, 0.25) is 0 Å². The Morgan fingerprint density at radius 2 is 2.00 bits per heavy atom. The maximum absolute atomic E-state index is 11.2. The van der Waals surface area contributed by atoms with Gasteiger partial charge < -0.3 is 15.2 Å². The van der Waals surface area contributed by atoms with Crippen LogP contribution in [0.3, 0.4) is 0 Å². The van der Waals surface area contributed by atoms with Crippen LogP contribution < -0.4 is 5.73 Å². The summed E-state index contributed by atoms with van der Waals surface area (Å²) in [4.78, 5) is 11.2. The van der Waals surface area contributed by atoms with Gasteiger partial charge in [-0.15, -0.1) is 0 Å². The molecule has 4 nitrogen and oxygen atoms in total. The molecule has 0 radical (unpaired) electrons. The van der Waals surface area contributed by atoms with Crippen LogP contribution in [0.4, 0.5) is 0 Å². The van der Waals surface area contributed by atoms with Crippen molar-refractivity contribution in [1.82, 2.24) is 0 Å². The van der Waals surface area contributed by atoms with Crippen molar-refractivity contribution < 1.29 is 14.3 Å². The molecular weight excluding hydrogens is 182 g/mol. The summed E-state index contributed by atoms with van der Waals surface area (Å²) >= 11 is 0. The Morgan fingerprint density at radius 1 is 1.43 bits per heavy atom. The van der Waals surface area contributed by atoms with Crippen molar-refractivity contribution in [2.45, 2.75) is 45.8 Å². The molecule has 4 heteroatoms. The third-order valence-corrected chi connectivity index (χ3v) is 1.25. The number of hydrogen-bond donors (Lipinski definition) is 1. The fraction of sp³-hybridized carbons (Fsp3) is 0.900. The molecule has 0 fully saturated rings. The molecule has 0 aliphatic carbocycles. The summed E-state index contributed by atoms with van der Waals surface area (Å²) in [6.07, 6.45) is 0.282. The van der Waals surface area contributed by atoms with Gasteiger partial charge in [-0.1, -0.05) is 0 Å². The first-order chi connectivity index (χ1) is 6.31. The fourth-order valence-electron chi connectivity index (χ4n) is 0.817. The zero-order chi connectivity index (χ0) is 11.2. The minimum absolute atomic E-state index is 0.00800. The Kier molecular flexibility index (Phi) is 5.72. The van der Waals surface area contributed by atoms with Crippen molar-refractivity contribution in [3.8, 4) is 0 Å². The molecule has 84 valence electrons. The van der Waals surface area contributed by atoms with Gasteiger partial charge in [-0.25, -0.2) is 0 Å². The summed E-state index contributed by atoms with van der Waals surface area (Å²) in [6, 6.07) is 0.00800. The molecule has 0 aliphatic heterocycles. The van der Waals surface area contributed by atoms with Gasteiger partial charge in [0.1, 0.15) is 5.60 Å². The average molecular weight is 203 g/mol. The highest BCUT2D eigenvalue weighted by Gasteiger charge is 2.15. The molecule has 2 N–H and O–H groups in total. The van der Waals surface area contributed by atoms with Crippen LogP contribution in [0.25, 0.3) is 0 Å². The molecule has 14 heavy (non-hydrogen) atoms. The largest absolute Gasteiger partial charge is 0.460 e. The number of ether oxygens (including phenoxy) is 2. The number of hydrogen-bond acceptors (Lipinski definition) is 4. The second-order valence-electron chi connectivity index (χ2n) is 4.39. The molecule has 1 atom stereocenters. The Labute approximate surface area is 85.8 Å². The monoisotopic (exact) mass is 203 g/mol. The number of nitrogens with two attached hydrogens (primary N) is 1. The first-order valence-electron chi connectivity index (χ1n) is 4.86. The van der Waals surface area contributed by atoms with Gasteiger partial charge in [0, 0.05) is 6.04 Å². The fourth-order valence-corrected chi connectivity index (χ4v) is 0.817. The van der Waals surface area contributed by atoms with Crippen molar-refractivity contribution in [3.63, 3.8) is 0 Å². The summed E-state index contributed by atoms with van der Waals surface area (Å²) < 4.78 is 10.2. The lowest BCUT2D eigenvalue weighted by Gasteiger charge is -2.19. The Balaban J connectivity index is 3.46. The second-order valence-corrected chi connectivity index (χ2v) is 4.39. The van der Waals surface area contributed by atoms with E-state index >= 15 is 0 Å². The SMILES string of the molecule is C[C@@H](N)COCCC(=O)OC(C)(C)C. The second kappa shape index (κ2) is 5.98.